The van der Waals surface area contributed by atoms with Crippen LogP contribution >= 0.6 is 0 Å². The van der Waals surface area contributed by atoms with E-state index in [-0.39, 0.29) is 11.8 Å². The maximum Gasteiger partial charge on any atom is 0.326 e. The number of hydrogen-bond donors (Lipinski definition) is 1. The van der Waals surface area contributed by atoms with Gasteiger partial charge in [-0.05, 0) is 12.3 Å². The number of carbonyl (C=O) groups is 2. The molecule has 0 radical (unpaired) electrons. The van der Waals surface area contributed by atoms with Gasteiger partial charge >= 0.3 is 5.97 Å². The Morgan fingerprint density at radius 2 is 2.15 bits per heavy atom. The van der Waals surface area contributed by atoms with Crippen molar-refractivity contribution in [2.75, 3.05) is 6.54 Å². The topological polar surface area (TPSA) is 57.6 Å². The summed E-state index contributed by atoms with van der Waals surface area (Å²) in [5.74, 6) is -0.953. The van der Waals surface area contributed by atoms with Gasteiger partial charge in [-0.15, -0.1) is 0 Å². The van der Waals surface area contributed by atoms with Gasteiger partial charge in [0.2, 0.25) is 5.91 Å². The summed E-state index contributed by atoms with van der Waals surface area (Å²) in [7, 11) is 0. The molecule has 4 heteroatoms. The fraction of sp³-hybridized carbons (Fsp3) is 0.778. The van der Waals surface area contributed by atoms with Crippen LogP contribution in [0.25, 0.3) is 0 Å². The molecular formula is C9H15NO3. The zero-order chi connectivity index (χ0) is 10.0. The van der Waals surface area contributed by atoms with Crippen LogP contribution in [-0.2, 0) is 9.59 Å². The quantitative estimate of drug-likeness (QED) is 0.704. The Labute approximate surface area is 77.5 Å². The molecule has 1 aliphatic rings. The van der Waals surface area contributed by atoms with Crippen molar-refractivity contribution in [3.8, 4) is 0 Å². The summed E-state index contributed by atoms with van der Waals surface area (Å²) >= 11 is 0. The number of nitrogens with zero attached hydrogens (tertiary/aromatic N) is 1. The van der Waals surface area contributed by atoms with E-state index in [1.54, 1.807) is 0 Å². The van der Waals surface area contributed by atoms with Gasteiger partial charge in [0.05, 0.1) is 0 Å². The molecule has 1 saturated heterocycles. The Morgan fingerprint density at radius 1 is 1.54 bits per heavy atom. The molecule has 1 amide bonds. The van der Waals surface area contributed by atoms with Crippen molar-refractivity contribution in [2.45, 2.75) is 32.7 Å². The van der Waals surface area contributed by atoms with E-state index in [0.717, 1.165) is 6.42 Å². The van der Waals surface area contributed by atoms with E-state index in [4.69, 9.17) is 5.11 Å². The first-order chi connectivity index (χ1) is 6.04. The second-order valence-electron chi connectivity index (χ2n) is 3.72. The number of carbonyl (C=O) groups excluding carboxylic acids is 1. The number of aliphatic carboxylic acids is 1. The predicted molar refractivity (Wildman–Crippen MR) is 47.2 cm³/mol. The van der Waals surface area contributed by atoms with E-state index in [9.17, 15) is 9.59 Å². The lowest BCUT2D eigenvalue weighted by molar-refractivity contribution is -0.150. The maximum atomic E-state index is 11.3. The van der Waals surface area contributed by atoms with Gasteiger partial charge in [0.1, 0.15) is 6.04 Å². The minimum absolute atomic E-state index is 0.0268. The lowest BCUT2D eigenvalue weighted by Gasteiger charge is -2.26. The molecule has 1 aliphatic heterocycles. The van der Waals surface area contributed by atoms with E-state index >= 15 is 0 Å². The SMILES string of the molecule is CC(C)[C@H](C(=O)O)N1CCCC1=O. The molecule has 0 saturated carbocycles. The van der Waals surface area contributed by atoms with Crippen LogP contribution in [0.3, 0.4) is 0 Å². The molecule has 1 atom stereocenters. The largest absolute Gasteiger partial charge is 0.480 e. The zero-order valence-corrected chi connectivity index (χ0v) is 7.99. The molecule has 0 unspecified atom stereocenters. The van der Waals surface area contributed by atoms with Crippen molar-refractivity contribution >= 4 is 11.9 Å². The number of likely N-dealkylation sites (tertiary alicyclic amines) is 1. The van der Waals surface area contributed by atoms with Crippen LogP contribution in [0.5, 0.6) is 0 Å². The van der Waals surface area contributed by atoms with Gasteiger partial charge in [-0.3, -0.25) is 4.79 Å². The number of rotatable bonds is 3. The Balaban J connectivity index is 2.75. The van der Waals surface area contributed by atoms with E-state index < -0.39 is 12.0 Å². The first kappa shape index (κ1) is 10.0. The van der Waals surface area contributed by atoms with E-state index in [1.807, 2.05) is 13.8 Å². The summed E-state index contributed by atoms with van der Waals surface area (Å²) < 4.78 is 0. The number of amides is 1. The highest BCUT2D eigenvalue weighted by Crippen LogP contribution is 2.18. The Bertz CT molecular complexity index is 225. The molecule has 0 bridgehead atoms. The molecule has 1 N–H and O–H groups in total. The van der Waals surface area contributed by atoms with E-state index in [2.05, 4.69) is 0 Å². The normalized spacial score (nSPS) is 19.6. The molecule has 0 aromatic rings. The Morgan fingerprint density at radius 3 is 2.46 bits per heavy atom. The molecule has 1 rings (SSSR count). The van der Waals surface area contributed by atoms with Crippen LogP contribution in [0.2, 0.25) is 0 Å². The second-order valence-corrected chi connectivity index (χ2v) is 3.72. The van der Waals surface area contributed by atoms with Crippen molar-refractivity contribution in [3.63, 3.8) is 0 Å². The molecule has 0 aromatic heterocycles. The smallest absolute Gasteiger partial charge is 0.326 e. The summed E-state index contributed by atoms with van der Waals surface area (Å²) in [5.41, 5.74) is 0. The molecule has 0 spiro atoms. The minimum atomic E-state index is -0.898. The summed E-state index contributed by atoms with van der Waals surface area (Å²) in [6.45, 7) is 4.24. The third-order valence-electron chi connectivity index (χ3n) is 2.33. The summed E-state index contributed by atoms with van der Waals surface area (Å²) in [4.78, 5) is 23.6. The van der Waals surface area contributed by atoms with Crippen LogP contribution in [0.1, 0.15) is 26.7 Å². The van der Waals surface area contributed by atoms with Crippen LogP contribution in [0, 0.1) is 5.92 Å². The molecular weight excluding hydrogens is 170 g/mol. The second kappa shape index (κ2) is 3.77. The predicted octanol–water partition coefficient (Wildman–Crippen LogP) is 0.718. The lowest BCUT2D eigenvalue weighted by Crippen LogP contribution is -2.45. The Kier molecular flexibility index (Phi) is 2.90. The van der Waals surface area contributed by atoms with Crippen LogP contribution in [0.15, 0.2) is 0 Å². The molecule has 0 aliphatic carbocycles. The summed E-state index contributed by atoms with van der Waals surface area (Å²) in [6.07, 6.45) is 1.28. The van der Waals surface area contributed by atoms with Crippen LogP contribution in [-0.4, -0.2) is 34.5 Å². The van der Waals surface area contributed by atoms with Gasteiger partial charge in [-0.1, -0.05) is 13.8 Å². The third-order valence-corrected chi connectivity index (χ3v) is 2.33. The van der Waals surface area contributed by atoms with Gasteiger partial charge in [0.25, 0.3) is 0 Å². The zero-order valence-electron chi connectivity index (χ0n) is 7.99. The van der Waals surface area contributed by atoms with Gasteiger partial charge in [0, 0.05) is 13.0 Å². The van der Waals surface area contributed by atoms with Crippen LogP contribution < -0.4 is 0 Å². The first-order valence-electron chi connectivity index (χ1n) is 4.56. The van der Waals surface area contributed by atoms with E-state index in [0.29, 0.717) is 13.0 Å². The average molecular weight is 185 g/mol. The summed E-state index contributed by atoms with van der Waals surface area (Å²) in [6, 6.07) is -0.644. The first-order valence-corrected chi connectivity index (χ1v) is 4.56. The number of carboxylic acid groups (broad SMARTS) is 1. The van der Waals surface area contributed by atoms with Gasteiger partial charge in [-0.2, -0.15) is 0 Å². The molecule has 0 aromatic carbocycles. The van der Waals surface area contributed by atoms with Crippen LogP contribution in [0.4, 0.5) is 0 Å². The monoisotopic (exact) mass is 185 g/mol. The highest BCUT2D eigenvalue weighted by atomic mass is 16.4. The van der Waals surface area contributed by atoms with Gasteiger partial charge in [-0.25, -0.2) is 4.79 Å². The van der Waals surface area contributed by atoms with Crippen molar-refractivity contribution < 1.29 is 14.7 Å². The third kappa shape index (κ3) is 1.99. The average Bonchev–Trinajstić information content (AvgIpc) is 2.35. The van der Waals surface area contributed by atoms with Gasteiger partial charge in [0.15, 0.2) is 0 Å². The molecule has 74 valence electrons. The minimum Gasteiger partial charge on any atom is -0.480 e. The van der Waals surface area contributed by atoms with Gasteiger partial charge < -0.3 is 10.0 Å². The molecule has 1 fully saturated rings. The number of carboxylic acids is 1. The molecule has 13 heavy (non-hydrogen) atoms. The van der Waals surface area contributed by atoms with Crippen molar-refractivity contribution in [3.05, 3.63) is 0 Å². The van der Waals surface area contributed by atoms with Crippen molar-refractivity contribution in [1.82, 2.24) is 4.90 Å². The van der Waals surface area contributed by atoms with E-state index in [1.165, 1.54) is 4.90 Å². The van der Waals surface area contributed by atoms with Crippen molar-refractivity contribution in [2.24, 2.45) is 5.92 Å². The fourth-order valence-electron chi connectivity index (χ4n) is 1.74. The highest BCUT2D eigenvalue weighted by molar-refractivity contribution is 5.85. The Hall–Kier alpha value is -1.06. The van der Waals surface area contributed by atoms with Crippen molar-refractivity contribution in [1.29, 1.82) is 0 Å². The lowest BCUT2D eigenvalue weighted by atomic mass is 10.0. The highest BCUT2D eigenvalue weighted by Gasteiger charge is 2.34. The summed E-state index contributed by atoms with van der Waals surface area (Å²) in [5, 5.41) is 8.93. The standard InChI is InChI=1S/C9H15NO3/c1-6(2)8(9(12)13)10-5-3-4-7(10)11/h6,8H,3-5H2,1-2H3,(H,12,13)/t8-/m1/s1. The maximum absolute atomic E-state index is 11.3. The molecule has 4 nitrogen and oxygen atoms in total. The molecule has 1 heterocycles. The fourth-order valence-corrected chi connectivity index (χ4v) is 1.74. The number of hydrogen-bond acceptors (Lipinski definition) is 2.